The smallest absolute Gasteiger partial charge is 0.547 e. The van der Waals surface area contributed by atoms with Crippen molar-refractivity contribution in [3.63, 3.8) is 0 Å². The monoisotopic (exact) mass is 380 g/mol. The number of hydrogen-bond donors (Lipinski definition) is 1. The summed E-state index contributed by atoms with van der Waals surface area (Å²) in [6, 6.07) is 0. The van der Waals surface area contributed by atoms with Crippen LogP contribution < -0.4 is 56.5 Å². The van der Waals surface area contributed by atoms with E-state index in [1.807, 2.05) is 0 Å². The van der Waals surface area contributed by atoms with E-state index < -0.39 is 17.9 Å². The fraction of sp³-hybridized carbons (Fsp3) is 0.900. The Bertz CT molecular complexity index is 321. The molecule has 0 aliphatic rings. The maximum Gasteiger partial charge on any atom is 1.00 e. The van der Waals surface area contributed by atoms with Crippen LogP contribution in [0.4, 0.5) is 0 Å². The number of aliphatic hydroxyl groups is 1. The second-order valence-corrected chi connectivity index (χ2v) is 6.89. The summed E-state index contributed by atoms with van der Waals surface area (Å²) >= 11 is 0. The first-order valence-corrected chi connectivity index (χ1v) is 10.0. The van der Waals surface area contributed by atoms with E-state index in [1.165, 1.54) is 77.0 Å². The van der Waals surface area contributed by atoms with Gasteiger partial charge < -0.3 is 15.0 Å². The summed E-state index contributed by atoms with van der Waals surface area (Å²) in [6.07, 6.45) is 16.9. The number of carboxylic acids is 1. The van der Waals surface area contributed by atoms with Crippen molar-refractivity contribution in [2.75, 3.05) is 0 Å². The molecule has 0 spiro atoms. The number of ketones is 1. The zero-order chi connectivity index (χ0) is 18.0. The Morgan fingerprint density at radius 3 is 1.36 bits per heavy atom. The minimum Gasteiger partial charge on any atom is -0.547 e. The molecule has 1 unspecified atom stereocenters. The average Bonchev–Trinajstić information content (AvgIpc) is 2.57. The Balaban J connectivity index is 0. The van der Waals surface area contributed by atoms with E-state index >= 15 is 0 Å². The molecule has 25 heavy (non-hydrogen) atoms. The van der Waals surface area contributed by atoms with Crippen LogP contribution in [0.3, 0.4) is 0 Å². The third-order valence-electron chi connectivity index (χ3n) is 4.55. The molecule has 0 aliphatic heterocycles. The van der Waals surface area contributed by atoms with Gasteiger partial charge in [0.05, 0.1) is 5.97 Å². The molecule has 0 aromatic rings. The standard InChI is InChI=1S/C20H38O4.K/c1-2-3-4-5-6-7-8-9-10-11-12-13-14-15-16-17-18(21)19(22)20(23)24;/h19,22H,2-17H2,1H3,(H,23,24);/q;+1/p-1. The molecule has 1 atom stereocenters. The van der Waals surface area contributed by atoms with Gasteiger partial charge in [-0.3, -0.25) is 4.79 Å². The van der Waals surface area contributed by atoms with Crippen LogP contribution in [0.2, 0.25) is 0 Å². The van der Waals surface area contributed by atoms with Crippen molar-refractivity contribution >= 4 is 11.8 Å². The number of hydrogen-bond acceptors (Lipinski definition) is 4. The summed E-state index contributed by atoms with van der Waals surface area (Å²) in [4.78, 5) is 21.6. The van der Waals surface area contributed by atoms with Gasteiger partial charge >= 0.3 is 51.4 Å². The molecule has 0 bridgehead atoms. The Morgan fingerprint density at radius 1 is 0.720 bits per heavy atom. The maximum atomic E-state index is 11.2. The van der Waals surface area contributed by atoms with E-state index in [9.17, 15) is 14.7 Å². The molecular weight excluding hydrogens is 343 g/mol. The van der Waals surface area contributed by atoms with E-state index in [1.54, 1.807) is 0 Å². The second kappa shape index (κ2) is 21.0. The molecule has 0 aromatic carbocycles. The topological polar surface area (TPSA) is 77.4 Å². The summed E-state index contributed by atoms with van der Waals surface area (Å²) in [5.41, 5.74) is 0. The van der Waals surface area contributed by atoms with Gasteiger partial charge in [0.15, 0.2) is 11.9 Å². The number of carboxylic acid groups (broad SMARTS) is 1. The third kappa shape index (κ3) is 19.3. The number of Topliss-reactive ketones (excluding diaryl/α,β-unsaturated/α-hetero) is 1. The molecule has 0 saturated heterocycles. The van der Waals surface area contributed by atoms with Gasteiger partial charge in [0.25, 0.3) is 0 Å². The number of carbonyl (C=O) groups excluding carboxylic acids is 2. The van der Waals surface area contributed by atoms with Crippen LogP contribution in [-0.4, -0.2) is 23.0 Å². The molecule has 4 nitrogen and oxygen atoms in total. The van der Waals surface area contributed by atoms with Crippen molar-refractivity contribution < 1.29 is 71.2 Å². The van der Waals surface area contributed by atoms with Crippen LogP contribution in [-0.2, 0) is 9.59 Å². The van der Waals surface area contributed by atoms with Crippen LogP contribution in [0.1, 0.15) is 110 Å². The molecule has 0 aliphatic carbocycles. The zero-order valence-electron chi connectivity index (χ0n) is 16.6. The molecule has 0 radical (unpaired) electrons. The van der Waals surface area contributed by atoms with Gasteiger partial charge in [-0.05, 0) is 6.42 Å². The fourth-order valence-corrected chi connectivity index (χ4v) is 2.94. The van der Waals surface area contributed by atoms with Gasteiger partial charge in [0, 0.05) is 6.42 Å². The van der Waals surface area contributed by atoms with E-state index in [0.29, 0.717) is 6.42 Å². The molecule has 0 saturated carbocycles. The SMILES string of the molecule is CCCCCCCCCCCCCCCCCC(=O)C(O)C(=O)[O-].[K+]. The molecule has 0 fully saturated rings. The summed E-state index contributed by atoms with van der Waals surface area (Å²) in [6.45, 7) is 2.25. The molecular formula is C20H37KO4. The van der Waals surface area contributed by atoms with Crippen molar-refractivity contribution in [2.24, 2.45) is 0 Å². The molecule has 5 heteroatoms. The molecule has 1 N–H and O–H groups in total. The zero-order valence-corrected chi connectivity index (χ0v) is 19.7. The van der Waals surface area contributed by atoms with E-state index in [2.05, 4.69) is 6.92 Å². The van der Waals surface area contributed by atoms with Crippen LogP contribution >= 0.6 is 0 Å². The van der Waals surface area contributed by atoms with Crippen molar-refractivity contribution in [3.8, 4) is 0 Å². The number of aliphatic hydroxyl groups excluding tert-OH is 1. The van der Waals surface area contributed by atoms with Crippen LogP contribution in [0.5, 0.6) is 0 Å². The summed E-state index contributed by atoms with van der Waals surface area (Å²) < 4.78 is 0. The van der Waals surface area contributed by atoms with E-state index in [0.717, 1.165) is 12.8 Å². The number of carbonyl (C=O) groups is 2. The number of aliphatic carboxylic acids is 1. The fourth-order valence-electron chi connectivity index (χ4n) is 2.94. The second-order valence-electron chi connectivity index (χ2n) is 6.89. The molecule has 0 aromatic heterocycles. The molecule has 0 rings (SSSR count). The van der Waals surface area contributed by atoms with Gasteiger partial charge in [-0.2, -0.15) is 0 Å². The Kier molecular flexibility index (Phi) is 23.5. The quantitative estimate of drug-likeness (QED) is 0.218. The largest absolute Gasteiger partial charge is 1.00 e. The molecule has 0 amide bonds. The van der Waals surface area contributed by atoms with Crippen LogP contribution in [0.25, 0.3) is 0 Å². The molecule has 0 heterocycles. The van der Waals surface area contributed by atoms with E-state index in [4.69, 9.17) is 5.11 Å². The van der Waals surface area contributed by atoms with Gasteiger partial charge in [0.2, 0.25) is 0 Å². The Hall–Kier alpha value is 0.736. The van der Waals surface area contributed by atoms with Gasteiger partial charge in [-0.25, -0.2) is 0 Å². The van der Waals surface area contributed by atoms with Gasteiger partial charge in [-0.1, -0.05) is 96.8 Å². The number of unbranched alkanes of at least 4 members (excludes halogenated alkanes) is 14. The first-order valence-electron chi connectivity index (χ1n) is 10.0. The summed E-state index contributed by atoms with van der Waals surface area (Å²) in [7, 11) is 0. The predicted molar refractivity (Wildman–Crippen MR) is 95.6 cm³/mol. The number of rotatable bonds is 18. The predicted octanol–water partition coefficient (Wildman–Crippen LogP) is 0.932. The van der Waals surface area contributed by atoms with E-state index in [-0.39, 0.29) is 57.8 Å². The average molecular weight is 381 g/mol. The summed E-state index contributed by atoms with van der Waals surface area (Å²) in [5.74, 6) is -2.33. The van der Waals surface area contributed by atoms with Crippen molar-refractivity contribution in [2.45, 2.75) is 116 Å². The normalized spacial score (nSPS) is 11.8. The minimum atomic E-state index is -1.95. The Labute approximate surface area is 197 Å². The van der Waals surface area contributed by atoms with Crippen molar-refractivity contribution in [3.05, 3.63) is 0 Å². The van der Waals surface area contributed by atoms with Crippen molar-refractivity contribution in [1.82, 2.24) is 0 Å². The summed E-state index contributed by atoms with van der Waals surface area (Å²) in [5, 5.41) is 19.3. The van der Waals surface area contributed by atoms with Crippen LogP contribution in [0.15, 0.2) is 0 Å². The Morgan fingerprint density at radius 2 is 1.04 bits per heavy atom. The van der Waals surface area contributed by atoms with Gasteiger partial charge in [0.1, 0.15) is 0 Å². The first-order chi connectivity index (χ1) is 11.6. The first kappa shape index (κ1) is 28.0. The molecule has 142 valence electrons. The van der Waals surface area contributed by atoms with Gasteiger partial charge in [-0.15, -0.1) is 0 Å². The van der Waals surface area contributed by atoms with Crippen LogP contribution in [0, 0.1) is 0 Å². The third-order valence-corrected chi connectivity index (χ3v) is 4.55. The minimum absolute atomic E-state index is 0. The van der Waals surface area contributed by atoms with Crippen molar-refractivity contribution in [1.29, 1.82) is 0 Å². The maximum absolute atomic E-state index is 11.2.